The van der Waals surface area contributed by atoms with Crippen molar-refractivity contribution in [1.29, 1.82) is 0 Å². The van der Waals surface area contributed by atoms with E-state index in [-0.39, 0.29) is 23.0 Å². The first-order valence-electron chi connectivity index (χ1n) is 5.30. The predicted molar refractivity (Wildman–Crippen MR) is 67.2 cm³/mol. The maximum absolute atomic E-state index is 11.7. The van der Waals surface area contributed by atoms with Crippen molar-refractivity contribution < 1.29 is 19.1 Å². The molecule has 5 nitrogen and oxygen atoms in total. The van der Waals surface area contributed by atoms with E-state index in [4.69, 9.17) is 25.9 Å². The SMILES string of the molecule is O=C(OCc1cc(=O)c(O)co1)c1ccccc1Cl. The van der Waals surface area contributed by atoms with Gasteiger partial charge < -0.3 is 14.3 Å². The molecule has 0 radical (unpaired) electrons. The second kappa shape index (κ2) is 5.58. The van der Waals surface area contributed by atoms with Gasteiger partial charge in [0.25, 0.3) is 0 Å². The predicted octanol–water partition coefficient (Wildman–Crippen LogP) is 2.36. The van der Waals surface area contributed by atoms with Crippen LogP contribution in [0.3, 0.4) is 0 Å². The molecule has 0 spiro atoms. The van der Waals surface area contributed by atoms with Crippen molar-refractivity contribution in [3.05, 3.63) is 63.2 Å². The highest BCUT2D eigenvalue weighted by molar-refractivity contribution is 6.33. The number of halogens is 1. The molecule has 1 N–H and O–H groups in total. The molecule has 0 aliphatic rings. The number of ether oxygens (including phenoxy) is 1. The monoisotopic (exact) mass is 280 g/mol. The molecular weight excluding hydrogens is 272 g/mol. The molecule has 2 aromatic rings. The second-order valence-electron chi connectivity index (χ2n) is 3.65. The second-order valence-corrected chi connectivity index (χ2v) is 4.06. The van der Waals surface area contributed by atoms with E-state index in [9.17, 15) is 9.59 Å². The third-order valence-electron chi connectivity index (χ3n) is 2.31. The molecular formula is C13H9ClO5. The maximum atomic E-state index is 11.7. The first-order chi connectivity index (χ1) is 9.08. The van der Waals surface area contributed by atoms with Gasteiger partial charge in [0, 0.05) is 6.07 Å². The summed E-state index contributed by atoms with van der Waals surface area (Å²) >= 11 is 5.84. The minimum atomic E-state index is -0.624. The Morgan fingerprint density at radius 3 is 2.79 bits per heavy atom. The number of hydrogen-bond donors (Lipinski definition) is 1. The van der Waals surface area contributed by atoms with E-state index in [0.29, 0.717) is 0 Å². The van der Waals surface area contributed by atoms with Gasteiger partial charge in [0.2, 0.25) is 5.43 Å². The molecule has 19 heavy (non-hydrogen) atoms. The van der Waals surface area contributed by atoms with Gasteiger partial charge in [-0.1, -0.05) is 23.7 Å². The molecule has 98 valence electrons. The summed E-state index contributed by atoms with van der Waals surface area (Å²) < 4.78 is 9.85. The number of esters is 1. The third kappa shape index (κ3) is 3.14. The number of carbonyl (C=O) groups excluding carboxylic acids is 1. The number of aromatic hydroxyl groups is 1. The van der Waals surface area contributed by atoms with Crippen molar-refractivity contribution in [2.24, 2.45) is 0 Å². The number of hydrogen-bond acceptors (Lipinski definition) is 5. The summed E-state index contributed by atoms with van der Waals surface area (Å²) in [6.45, 7) is -0.223. The van der Waals surface area contributed by atoms with Gasteiger partial charge in [-0.2, -0.15) is 0 Å². The Balaban J connectivity index is 2.07. The minimum absolute atomic E-state index is 0.128. The molecule has 0 aliphatic carbocycles. The number of benzene rings is 1. The van der Waals surface area contributed by atoms with Crippen LogP contribution in [0.5, 0.6) is 5.75 Å². The molecule has 0 atom stereocenters. The zero-order valence-corrected chi connectivity index (χ0v) is 10.4. The Kier molecular flexibility index (Phi) is 3.87. The van der Waals surface area contributed by atoms with Crippen molar-refractivity contribution in [2.45, 2.75) is 6.61 Å². The van der Waals surface area contributed by atoms with Gasteiger partial charge in [-0.25, -0.2) is 4.79 Å². The van der Waals surface area contributed by atoms with Crippen LogP contribution in [0, 0.1) is 0 Å². The highest BCUT2D eigenvalue weighted by Crippen LogP contribution is 2.16. The quantitative estimate of drug-likeness (QED) is 0.873. The Morgan fingerprint density at radius 1 is 1.37 bits per heavy atom. The molecule has 0 fully saturated rings. The number of rotatable bonds is 3. The fourth-order valence-electron chi connectivity index (χ4n) is 1.36. The molecule has 0 bridgehead atoms. The van der Waals surface area contributed by atoms with E-state index < -0.39 is 17.1 Å². The molecule has 0 unspecified atom stereocenters. The molecule has 0 saturated heterocycles. The fraction of sp³-hybridized carbons (Fsp3) is 0.0769. The van der Waals surface area contributed by atoms with Crippen molar-refractivity contribution in [3.63, 3.8) is 0 Å². The molecule has 1 aromatic carbocycles. The van der Waals surface area contributed by atoms with E-state index >= 15 is 0 Å². The van der Waals surface area contributed by atoms with Gasteiger partial charge in [0.1, 0.15) is 18.6 Å². The lowest BCUT2D eigenvalue weighted by Gasteiger charge is -2.05. The first-order valence-corrected chi connectivity index (χ1v) is 5.68. The van der Waals surface area contributed by atoms with E-state index in [1.54, 1.807) is 18.2 Å². The Bertz CT molecular complexity index is 662. The molecule has 1 aromatic heterocycles. The summed E-state index contributed by atoms with van der Waals surface area (Å²) in [6, 6.07) is 7.49. The van der Waals surface area contributed by atoms with Crippen LogP contribution in [0.15, 0.2) is 45.8 Å². The van der Waals surface area contributed by atoms with Gasteiger partial charge in [-0.05, 0) is 12.1 Å². The highest BCUT2D eigenvalue weighted by Gasteiger charge is 2.12. The largest absolute Gasteiger partial charge is 0.502 e. The first kappa shape index (κ1) is 13.2. The van der Waals surface area contributed by atoms with Gasteiger partial charge in [0.05, 0.1) is 10.6 Å². The van der Waals surface area contributed by atoms with Crippen LogP contribution in [0.25, 0.3) is 0 Å². The smallest absolute Gasteiger partial charge is 0.340 e. The van der Waals surface area contributed by atoms with Crippen LogP contribution in [-0.2, 0) is 11.3 Å². The van der Waals surface area contributed by atoms with Crippen molar-refractivity contribution in [3.8, 4) is 5.75 Å². The van der Waals surface area contributed by atoms with E-state index in [2.05, 4.69) is 0 Å². The summed E-state index contributed by atoms with van der Waals surface area (Å²) in [5.74, 6) is -0.995. The van der Waals surface area contributed by atoms with Crippen molar-refractivity contribution in [1.82, 2.24) is 0 Å². The van der Waals surface area contributed by atoms with Crippen LogP contribution >= 0.6 is 11.6 Å². The summed E-state index contributed by atoms with van der Waals surface area (Å²) in [7, 11) is 0. The van der Waals surface area contributed by atoms with Crippen LogP contribution < -0.4 is 5.43 Å². The molecule has 2 rings (SSSR count). The summed E-state index contributed by atoms with van der Waals surface area (Å²) in [5.41, 5.74) is -0.375. The zero-order chi connectivity index (χ0) is 13.8. The Morgan fingerprint density at radius 2 is 2.11 bits per heavy atom. The maximum Gasteiger partial charge on any atom is 0.340 e. The van der Waals surface area contributed by atoms with Gasteiger partial charge in [0.15, 0.2) is 5.75 Å². The molecule has 1 heterocycles. The summed E-state index contributed by atoms with van der Waals surface area (Å²) in [6.07, 6.45) is 0.890. The van der Waals surface area contributed by atoms with Gasteiger partial charge in [-0.15, -0.1) is 0 Å². The topological polar surface area (TPSA) is 76.7 Å². The lowest BCUT2D eigenvalue weighted by Crippen LogP contribution is -2.07. The van der Waals surface area contributed by atoms with Gasteiger partial charge >= 0.3 is 5.97 Å². The van der Waals surface area contributed by atoms with E-state index in [0.717, 1.165) is 12.3 Å². The van der Waals surface area contributed by atoms with Crippen LogP contribution in [-0.4, -0.2) is 11.1 Å². The molecule has 6 heteroatoms. The highest BCUT2D eigenvalue weighted by atomic mass is 35.5. The summed E-state index contributed by atoms with van der Waals surface area (Å²) in [4.78, 5) is 22.9. The van der Waals surface area contributed by atoms with Crippen molar-refractivity contribution >= 4 is 17.6 Å². The van der Waals surface area contributed by atoms with E-state index in [1.807, 2.05) is 0 Å². The van der Waals surface area contributed by atoms with Crippen LogP contribution in [0.2, 0.25) is 5.02 Å². The average molecular weight is 281 g/mol. The standard InChI is InChI=1S/C13H9ClO5/c14-10-4-2-1-3-9(10)13(17)19-6-8-5-11(15)12(16)7-18-8/h1-5,7,16H,6H2. The lowest BCUT2D eigenvalue weighted by molar-refractivity contribution is 0.0443. The van der Waals surface area contributed by atoms with Crippen LogP contribution in [0.1, 0.15) is 16.1 Å². The summed E-state index contributed by atoms with van der Waals surface area (Å²) in [5, 5.41) is 9.28. The number of carbonyl (C=O) groups is 1. The zero-order valence-electron chi connectivity index (χ0n) is 9.63. The van der Waals surface area contributed by atoms with Crippen LogP contribution in [0.4, 0.5) is 0 Å². The average Bonchev–Trinajstić information content (AvgIpc) is 2.40. The molecule has 0 aliphatic heterocycles. The molecule has 0 amide bonds. The minimum Gasteiger partial charge on any atom is -0.502 e. The normalized spacial score (nSPS) is 10.2. The lowest BCUT2D eigenvalue weighted by atomic mass is 10.2. The Hall–Kier alpha value is -2.27. The third-order valence-corrected chi connectivity index (χ3v) is 2.64. The van der Waals surface area contributed by atoms with Gasteiger partial charge in [-0.3, -0.25) is 4.79 Å². The Labute approximate surface area is 113 Å². The van der Waals surface area contributed by atoms with Crippen molar-refractivity contribution in [2.75, 3.05) is 0 Å². The fourth-order valence-corrected chi connectivity index (χ4v) is 1.57. The molecule has 0 saturated carbocycles. The van der Waals surface area contributed by atoms with E-state index in [1.165, 1.54) is 6.07 Å².